The molecule has 1 heterocycles. The van der Waals surface area contributed by atoms with E-state index in [9.17, 15) is 4.79 Å². The van der Waals surface area contributed by atoms with Crippen LogP contribution in [0.1, 0.15) is 40.3 Å². The van der Waals surface area contributed by atoms with Gasteiger partial charge in [-0.3, -0.25) is 0 Å². The Labute approximate surface area is 133 Å². The van der Waals surface area contributed by atoms with Gasteiger partial charge in [0.05, 0.1) is 13.2 Å². The van der Waals surface area contributed by atoms with Crippen molar-refractivity contribution in [1.29, 1.82) is 0 Å². The van der Waals surface area contributed by atoms with E-state index in [4.69, 9.17) is 4.74 Å². The zero-order valence-electron chi connectivity index (χ0n) is 14.6. The summed E-state index contributed by atoms with van der Waals surface area (Å²) in [6.45, 7) is 15.5. The lowest BCUT2D eigenvalue weighted by atomic mass is 9.89. The van der Waals surface area contributed by atoms with Gasteiger partial charge in [0.25, 0.3) is 0 Å². The molecule has 22 heavy (non-hydrogen) atoms. The molecule has 0 aromatic heterocycles. The standard InChI is InChI=1S/C18H28N2O2/c1-11-12(2)14(4)16(15(5)13(11)3)7-19-17(21)20-8-18(6)9-22-10-18/h7-10H2,1-6H3,(H2,19,20,21). The number of hydrogen-bond acceptors (Lipinski definition) is 2. The van der Waals surface area contributed by atoms with E-state index in [2.05, 4.69) is 52.2 Å². The smallest absolute Gasteiger partial charge is 0.315 e. The molecule has 0 atom stereocenters. The molecule has 1 aliphatic heterocycles. The molecule has 1 fully saturated rings. The number of nitrogens with one attached hydrogen (secondary N) is 2. The van der Waals surface area contributed by atoms with Gasteiger partial charge in [-0.05, 0) is 68.0 Å². The number of urea groups is 1. The summed E-state index contributed by atoms with van der Waals surface area (Å²) in [5, 5.41) is 5.93. The van der Waals surface area contributed by atoms with E-state index >= 15 is 0 Å². The van der Waals surface area contributed by atoms with E-state index in [1.165, 1.54) is 33.4 Å². The Morgan fingerprint density at radius 2 is 1.45 bits per heavy atom. The van der Waals surface area contributed by atoms with Gasteiger partial charge in [0.15, 0.2) is 0 Å². The van der Waals surface area contributed by atoms with Gasteiger partial charge in [0.2, 0.25) is 0 Å². The number of benzene rings is 1. The lowest BCUT2D eigenvalue weighted by molar-refractivity contribution is -0.0975. The molecule has 1 aromatic rings. The highest BCUT2D eigenvalue weighted by Gasteiger charge is 2.33. The van der Waals surface area contributed by atoms with Gasteiger partial charge in [-0.2, -0.15) is 0 Å². The Hall–Kier alpha value is -1.55. The summed E-state index contributed by atoms with van der Waals surface area (Å²) in [7, 11) is 0. The van der Waals surface area contributed by atoms with Crippen LogP contribution in [0.15, 0.2) is 0 Å². The van der Waals surface area contributed by atoms with Gasteiger partial charge in [0.1, 0.15) is 0 Å². The Bertz CT molecular complexity index is 560. The molecule has 0 aliphatic carbocycles. The van der Waals surface area contributed by atoms with E-state index in [1.807, 2.05) is 0 Å². The molecule has 0 radical (unpaired) electrons. The van der Waals surface area contributed by atoms with E-state index in [1.54, 1.807) is 0 Å². The van der Waals surface area contributed by atoms with Gasteiger partial charge < -0.3 is 15.4 Å². The first-order valence-electron chi connectivity index (χ1n) is 7.90. The highest BCUT2D eigenvalue weighted by Crippen LogP contribution is 2.26. The summed E-state index contributed by atoms with van der Waals surface area (Å²) in [5.74, 6) is 0. The van der Waals surface area contributed by atoms with Gasteiger partial charge in [-0.1, -0.05) is 6.92 Å². The molecule has 0 spiro atoms. The molecule has 2 rings (SSSR count). The molecular weight excluding hydrogens is 276 g/mol. The van der Waals surface area contributed by atoms with Crippen molar-refractivity contribution in [1.82, 2.24) is 10.6 Å². The van der Waals surface area contributed by atoms with Crippen LogP contribution < -0.4 is 10.6 Å². The molecule has 2 N–H and O–H groups in total. The third-order valence-electron chi connectivity index (χ3n) is 5.16. The van der Waals surface area contributed by atoms with Crippen LogP contribution in [0.25, 0.3) is 0 Å². The highest BCUT2D eigenvalue weighted by molar-refractivity contribution is 5.74. The fourth-order valence-electron chi connectivity index (χ4n) is 2.92. The maximum atomic E-state index is 12.0. The van der Waals surface area contributed by atoms with Crippen molar-refractivity contribution >= 4 is 6.03 Å². The topological polar surface area (TPSA) is 50.4 Å². The lowest BCUT2D eigenvalue weighted by Crippen LogP contribution is -2.50. The third kappa shape index (κ3) is 3.27. The van der Waals surface area contributed by atoms with Gasteiger partial charge in [-0.25, -0.2) is 4.79 Å². The van der Waals surface area contributed by atoms with Crippen LogP contribution in [0.2, 0.25) is 0 Å². The Kier molecular flexibility index (Phi) is 4.81. The largest absolute Gasteiger partial charge is 0.380 e. The summed E-state index contributed by atoms with van der Waals surface area (Å²) in [4.78, 5) is 12.0. The minimum atomic E-state index is -0.109. The second-order valence-electron chi connectivity index (χ2n) is 6.94. The molecule has 2 amide bonds. The monoisotopic (exact) mass is 304 g/mol. The van der Waals surface area contributed by atoms with Crippen LogP contribution in [0.3, 0.4) is 0 Å². The van der Waals surface area contributed by atoms with E-state index in [-0.39, 0.29) is 11.4 Å². The van der Waals surface area contributed by atoms with Crippen LogP contribution in [0.4, 0.5) is 4.79 Å². The van der Waals surface area contributed by atoms with Gasteiger partial charge >= 0.3 is 6.03 Å². The number of carbonyl (C=O) groups excluding carboxylic acids is 1. The molecule has 1 aromatic carbocycles. The molecule has 0 saturated carbocycles. The quantitative estimate of drug-likeness (QED) is 0.898. The molecule has 4 nitrogen and oxygen atoms in total. The van der Waals surface area contributed by atoms with Crippen LogP contribution in [0, 0.1) is 40.0 Å². The zero-order valence-corrected chi connectivity index (χ0v) is 14.6. The summed E-state index contributed by atoms with van der Waals surface area (Å²) < 4.78 is 5.20. The molecule has 1 aliphatic rings. The first kappa shape index (κ1) is 16.8. The van der Waals surface area contributed by atoms with Crippen molar-refractivity contribution in [3.63, 3.8) is 0 Å². The zero-order chi connectivity index (χ0) is 16.5. The molecular formula is C18H28N2O2. The summed E-state index contributed by atoms with van der Waals surface area (Å²) in [6.07, 6.45) is 0. The fourth-order valence-corrected chi connectivity index (χ4v) is 2.92. The maximum Gasteiger partial charge on any atom is 0.315 e. The van der Waals surface area contributed by atoms with Crippen LogP contribution >= 0.6 is 0 Å². The molecule has 1 saturated heterocycles. The lowest BCUT2D eigenvalue weighted by Gasteiger charge is -2.37. The van der Waals surface area contributed by atoms with E-state index in [0.717, 1.165) is 13.2 Å². The van der Waals surface area contributed by atoms with Crippen LogP contribution in [0.5, 0.6) is 0 Å². The van der Waals surface area contributed by atoms with Crippen molar-refractivity contribution in [3.05, 3.63) is 33.4 Å². The first-order valence-corrected chi connectivity index (χ1v) is 7.90. The minimum absolute atomic E-state index is 0.0974. The number of ether oxygens (including phenoxy) is 1. The second kappa shape index (κ2) is 6.29. The third-order valence-corrected chi connectivity index (χ3v) is 5.16. The predicted octanol–water partition coefficient (Wildman–Crippen LogP) is 3.06. The van der Waals surface area contributed by atoms with Gasteiger partial charge in [-0.15, -0.1) is 0 Å². The van der Waals surface area contributed by atoms with E-state index in [0.29, 0.717) is 13.1 Å². The van der Waals surface area contributed by atoms with Crippen molar-refractivity contribution in [2.24, 2.45) is 5.41 Å². The highest BCUT2D eigenvalue weighted by atomic mass is 16.5. The number of rotatable bonds is 4. The predicted molar refractivity (Wildman–Crippen MR) is 89.3 cm³/mol. The SMILES string of the molecule is Cc1c(C)c(C)c(CNC(=O)NCC2(C)COC2)c(C)c1C. The molecule has 0 bridgehead atoms. The first-order chi connectivity index (χ1) is 10.2. The van der Waals surface area contributed by atoms with Crippen molar-refractivity contribution in [3.8, 4) is 0 Å². The summed E-state index contributed by atoms with van der Waals surface area (Å²) >= 11 is 0. The summed E-state index contributed by atoms with van der Waals surface area (Å²) in [5.41, 5.74) is 7.87. The number of carbonyl (C=O) groups is 1. The number of amides is 2. The fraction of sp³-hybridized carbons (Fsp3) is 0.611. The average Bonchev–Trinajstić information content (AvgIpc) is 2.47. The molecule has 4 heteroatoms. The van der Waals surface area contributed by atoms with Crippen molar-refractivity contribution in [2.75, 3.05) is 19.8 Å². The molecule has 0 unspecified atom stereocenters. The average molecular weight is 304 g/mol. The van der Waals surface area contributed by atoms with Crippen LogP contribution in [-0.4, -0.2) is 25.8 Å². The van der Waals surface area contributed by atoms with Gasteiger partial charge in [0, 0.05) is 18.5 Å². The summed E-state index contributed by atoms with van der Waals surface area (Å²) in [6, 6.07) is -0.109. The normalized spacial score (nSPS) is 16.1. The van der Waals surface area contributed by atoms with Crippen LogP contribution in [-0.2, 0) is 11.3 Å². The Morgan fingerprint density at radius 1 is 0.955 bits per heavy atom. The number of hydrogen-bond donors (Lipinski definition) is 2. The van der Waals surface area contributed by atoms with Crippen molar-refractivity contribution < 1.29 is 9.53 Å². The maximum absolute atomic E-state index is 12.0. The molecule has 122 valence electrons. The Balaban J connectivity index is 1.98. The van der Waals surface area contributed by atoms with E-state index < -0.39 is 0 Å². The Morgan fingerprint density at radius 3 is 1.91 bits per heavy atom. The van der Waals surface area contributed by atoms with Crippen molar-refractivity contribution in [2.45, 2.75) is 48.1 Å². The minimum Gasteiger partial charge on any atom is -0.380 e. The second-order valence-corrected chi connectivity index (χ2v) is 6.94.